The van der Waals surface area contributed by atoms with Gasteiger partial charge in [-0.15, -0.1) is 0 Å². The molecule has 6 atom stereocenters. The summed E-state index contributed by atoms with van der Waals surface area (Å²) in [7, 11) is 0. The number of carbonyl (C=O) groups excluding carboxylic acids is 6. The molecule has 312 valence electrons. The first-order valence-electron chi connectivity index (χ1n) is 22.4. The lowest BCUT2D eigenvalue weighted by atomic mass is 9.73. The van der Waals surface area contributed by atoms with E-state index in [-0.39, 0.29) is 52.0 Å². The number of nitrogens with zero attached hydrogens (tertiary/aromatic N) is 2. The Morgan fingerprint density at radius 2 is 1.41 bits per heavy atom. The minimum absolute atomic E-state index is 0.0169. The Labute approximate surface area is 334 Å². The zero-order valence-electron chi connectivity index (χ0n) is 35.1. The summed E-state index contributed by atoms with van der Waals surface area (Å²) < 4.78 is 0. The number of hydrogen-bond donors (Lipinski definition) is 4. The Morgan fingerprint density at radius 3 is 1.98 bits per heavy atom. The number of ketones is 1. The van der Waals surface area contributed by atoms with E-state index in [2.05, 4.69) is 40.0 Å². The Kier molecular flexibility index (Phi) is 11.5. The van der Waals surface area contributed by atoms with Gasteiger partial charge >= 0.3 is 0 Å². The lowest BCUT2D eigenvalue weighted by Crippen LogP contribution is -2.63. The highest BCUT2D eigenvalue weighted by molar-refractivity contribution is 6.38. The largest absolute Gasteiger partial charge is 0.347 e. The van der Waals surface area contributed by atoms with Crippen molar-refractivity contribution in [1.29, 1.82) is 0 Å². The third-order valence-electron chi connectivity index (χ3n) is 15.7. The third-order valence-corrected chi connectivity index (χ3v) is 15.7. The van der Waals surface area contributed by atoms with Crippen LogP contribution in [0.1, 0.15) is 157 Å². The average Bonchev–Trinajstić information content (AvgIpc) is 4.10. The summed E-state index contributed by atoms with van der Waals surface area (Å²) in [6, 6.07) is -3.32. The van der Waals surface area contributed by atoms with Crippen molar-refractivity contribution in [3.05, 3.63) is 0 Å². The molecule has 0 aromatic rings. The molecular formula is C44H70N6O6. The molecule has 7 fully saturated rings. The number of piperidine rings is 1. The molecule has 2 spiro atoms. The molecule has 4 N–H and O–H groups in total. The Hall–Kier alpha value is -3.02. The maximum absolute atomic E-state index is 15.2. The number of likely N-dealkylation sites (tertiary alicyclic amines) is 2. The summed E-state index contributed by atoms with van der Waals surface area (Å²) in [5, 5.41) is 12.1. The van der Waals surface area contributed by atoms with Crippen molar-refractivity contribution in [3.63, 3.8) is 0 Å². The number of amides is 5. The summed E-state index contributed by atoms with van der Waals surface area (Å²) in [6.07, 6.45) is 16.2. The molecule has 5 aliphatic carbocycles. The molecule has 7 rings (SSSR count). The second-order valence-electron chi connectivity index (χ2n) is 20.5. The van der Waals surface area contributed by atoms with E-state index in [9.17, 15) is 24.0 Å². The van der Waals surface area contributed by atoms with Gasteiger partial charge in [0.05, 0.1) is 12.1 Å². The van der Waals surface area contributed by atoms with Crippen LogP contribution in [0.15, 0.2) is 0 Å². The van der Waals surface area contributed by atoms with Gasteiger partial charge in [-0.3, -0.25) is 33.7 Å². The van der Waals surface area contributed by atoms with Crippen molar-refractivity contribution in [2.24, 2.45) is 27.6 Å². The van der Waals surface area contributed by atoms with Gasteiger partial charge < -0.3 is 26.2 Å². The number of nitrogens with one attached hydrogen (secondary N) is 4. The molecule has 7 aliphatic rings. The van der Waals surface area contributed by atoms with E-state index in [0.29, 0.717) is 31.8 Å². The molecule has 5 saturated carbocycles. The topological polar surface area (TPSA) is 157 Å². The first-order chi connectivity index (χ1) is 26.5. The highest BCUT2D eigenvalue weighted by Gasteiger charge is 2.85. The van der Waals surface area contributed by atoms with Crippen molar-refractivity contribution in [2.45, 2.75) is 199 Å². The van der Waals surface area contributed by atoms with E-state index in [1.165, 1.54) is 0 Å². The van der Waals surface area contributed by atoms with Crippen LogP contribution in [-0.4, -0.2) is 101 Å². The zero-order valence-corrected chi connectivity index (χ0v) is 35.1. The fraction of sp³-hybridized carbons (Fsp3) is 0.864. The molecule has 0 unspecified atom stereocenters. The first-order valence-corrected chi connectivity index (χ1v) is 22.4. The van der Waals surface area contributed by atoms with Crippen LogP contribution in [0.2, 0.25) is 0 Å². The summed E-state index contributed by atoms with van der Waals surface area (Å²) in [5.74, 6) is -2.49. The quantitative estimate of drug-likeness (QED) is 0.189. The molecule has 0 aromatic heterocycles. The van der Waals surface area contributed by atoms with E-state index in [1.807, 2.05) is 27.7 Å². The molecule has 2 saturated heterocycles. The van der Waals surface area contributed by atoms with Crippen LogP contribution in [0.25, 0.3) is 0 Å². The van der Waals surface area contributed by atoms with E-state index in [4.69, 9.17) is 0 Å². The lowest BCUT2D eigenvalue weighted by molar-refractivity contribution is -0.146. The molecule has 2 heterocycles. The van der Waals surface area contributed by atoms with Gasteiger partial charge in [-0.1, -0.05) is 80.1 Å². The molecular weight excluding hydrogens is 709 g/mol. The predicted molar refractivity (Wildman–Crippen MR) is 213 cm³/mol. The second kappa shape index (κ2) is 15.6. The Morgan fingerprint density at radius 1 is 0.750 bits per heavy atom. The molecule has 2 aliphatic heterocycles. The average molecular weight is 779 g/mol. The van der Waals surface area contributed by atoms with Gasteiger partial charge in [-0.2, -0.15) is 0 Å². The van der Waals surface area contributed by atoms with E-state index in [0.717, 1.165) is 103 Å². The Bertz CT molecular complexity index is 1550. The standard InChI is InChI=1S/C44H70N6O6/c1-7-14-30(34(51)39(55)45-28-18-19-28)46-37(53)32-25-44(42(5,6)43(44)22-13-23-43)26-50(32)40(56)35(41(2,3)4)48-38(54)33(27-15-9-8-10-16-27)47-36(52)31-17-11-12-24-49(31)29-20-21-29/h27-33,35H,7-26H2,1-6H3,(H,45,55)(H,46,53)(H,47,52)(H,48,54)/t30-,31-,32-,33-,35+,44+/m0/s1. The molecule has 56 heavy (non-hydrogen) atoms. The zero-order chi connectivity index (χ0) is 40.2. The van der Waals surface area contributed by atoms with Crippen LogP contribution >= 0.6 is 0 Å². The number of hydrogen-bond acceptors (Lipinski definition) is 7. The van der Waals surface area contributed by atoms with Crippen LogP contribution < -0.4 is 21.3 Å². The van der Waals surface area contributed by atoms with Gasteiger partial charge in [0.25, 0.3) is 5.91 Å². The van der Waals surface area contributed by atoms with Crippen LogP contribution in [-0.2, 0) is 28.8 Å². The Balaban J connectivity index is 1.13. The molecule has 12 heteroatoms. The fourth-order valence-electron chi connectivity index (χ4n) is 11.8. The van der Waals surface area contributed by atoms with Gasteiger partial charge in [0, 0.05) is 24.0 Å². The van der Waals surface area contributed by atoms with Crippen LogP contribution in [0.3, 0.4) is 0 Å². The summed E-state index contributed by atoms with van der Waals surface area (Å²) in [5.41, 5.74) is -1.02. The van der Waals surface area contributed by atoms with Crippen molar-refractivity contribution in [2.75, 3.05) is 13.1 Å². The highest BCUT2D eigenvalue weighted by atomic mass is 16.2. The molecule has 12 nitrogen and oxygen atoms in total. The van der Waals surface area contributed by atoms with Gasteiger partial charge in [-0.05, 0) is 106 Å². The number of rotatable bonds is 14. The summed E-state index contributed by atoms with van der Waals surface area (Å²) >= 11 is 0. The number of fused-ring (bicyclic) bond motifs is 1. The van der Waals surface area contributed by atoms with Gasteiger partial charge in [0.1, 0.15) is 18.1 Å². The molecule has 0 radical (unpaired) electrons. The monoisotopic (exact) mass is 779 g/mol. The SMILES string of the molecule is CCC[C@H](NC(=O)[C@@H]1C[C@@]2(CN1C(=O)[C@@H](NC(=O)[C@@H](NC(=O)[C@@H]1CCCCN1C1CC1)C1CCCCC1)C(C)(C)C)C(C)(C)C21CCC1)C(=O)C(=O)NC1CC1. The summed E-state index contributed by atoms with van der Waals surface area (Å²) in [6.45, 7) is 13.5. The molecule has 0 aromatic carbocycles. The maximum Gasteiger partial charge on any atom is 0.289 e. The van der Waals surface area contributed by atoms with Crippen LogP contribution in [0.5, 0.6) is 0 Å². The predicted octanol–water partition coefficient (Wildman–Crippen LogP) is 4.53. The normalized spacial score (nSPS) is 30.1. The van der Waals surface area contributed by atoms with E-state index in [1.54, 1.807) is 4.90 Å². The summed E-state index contributed by atoms with van der Waals surface area (Å²) in [4.78, 5) is 88.6. The molecule has 0 bridgehead atoms. The second-order valence-corrected chi connectivity index (χ2v) is 20.5. The van der Waals surface area contributed by atoms with Crippen molar-refractivity contribution < 1.29 is 28.8 Å². The smallest absolute Gasteiger partial charge is 0.289 e. The van der Waals surface area contributed by atoms with Crippen LogP contribution in [0.4, 0.5) is 0 Å². The highest BCUT2D eigenvalue weighted by Crippen LogP contribution is 2.88. The van der Waals surface area contributed by atoms with Gasteiger partial charge in [0.15, 0.2) is 0 Å². The first kappa shape index (κ1) is 41.2. The minimum atomic E-state index is -0.984. The number of carbonyl (C=O) groups is 6. The van der Waals surface area contributed by atoms with Crippen molar-refractivity contribution >= 4 is 35.3 Å². The van der Waals surface area contributed by atoms with E-state index < -0.39 is 47.2 Å². The lowest BCUT2D eigenvalue weighted by Gasteiger charge is -2.39. The van der Waals surface area contributed by atoms with Gasteiger partial charge in [0.2, 0.25) is 29.4 Å². The molecule has 5 amide bonds. The van der Waals surface area contributed by atoms with E-state index >= 15 is 4.79 Å². The minimum Gasteiger partial charge on any atom is -0.347 e. The fourth-order valence-corrected chi connectivity index (χ4v) is 11.8. The number of Topliss-reactive ketones (excluding diaryl/α,β-unsaturated/α-hetero) is 1. The van der Waals surface area contributed by atoms with Gasteiger partial charge in [-0.25, -0.2) is 0 Å². The van der Waals surface area contributed by atoms with Crippen LogP contribution in [0, 0.1) is 27.6 Å². The van der Waals surface area contributed by atoms with Crippen molar-refractivity contribution in [3.8, 4) is 0 Å². The third kappa shape index (κ3) is 7.54. The maximum atomic E-state index is 15.2. The van der Waals surface area contributed by atoms with Crippen molar-refractivity contribution in [1.82, 2.24) is 31.1 Å².